The Morgan fingerprint density at radius 1 is 1.17 bits per heavy atom. The van der Waals surface area contributed by atoms with Crippen molar-refractivity contribution in [2.24, 2.45) is 0 Å². The van der Waals surface area contributed by atoms with E-state index in [-0.39, 0.29) is 6.61 Å². The van der Waals surface area contributed by atoms with Gasteiger partial charge in [0.25, 0.3) is 0 Å². The Bertz CT molecular complexity index is 649. The van der Waals surface area contributed by atoms with E-state index in [1.807, 2.05) is 36.4 Å². The van der Waals surface area contributed by atoms with Crippen molar-refractivity contribution in [1.82, 2.24) is 5.32 Å². The van der Waals surface area contributed by atoms with Crippen molar-refractivity contribution in [3.63, 3.8) is 0 Å². The van der Waals surface area contributed by atoms with Crippen molar-refractivity contribution in [1.29, 1.82) is 0 Å². The Morgan fingerprint density at radius 3 is 2.58 bits per heavy atom. The monoisotopic (exact) mass is 413 g/mol. The topological polar surface area (TPSA) is 50.7 Å². The van der Waals surface area contributed by atoms with Crippen LogP contribution in [-0.4, -0.2) is 25.4 Å². The molecule has 2 aromatic carbocycles. The highest BCUT2D eigenvalue weighted by molar-refractivity contribution is 9.10. The number of methoxy groups -OCH3 is 1. The van der Waals surface area contributed by atoms with Gasteiger partial charge in [0.05, 0.1) is 7.11 Å². The molecule has 2 N–H and O–H groups in total. The van der Waals surface area contributed by atoms with Gasteiger partial charge >= 0.3 is 0 Å². The third kappa shape index (κ3) is 5.38. The molecule has 4 nitrogen and oxygen atoms in total. The number of rotatable bonds is 9. The molecule has 0 radical (unpaired) electrons. The zero-order valence-electron chi connectivity index (χ0n) is 13.5. The Hall–Kier alpha value is -1.27. The highest BCUT2D eigenvalue weighted by Crippen LogP contribution is 2.36. The first-order valence-corrected chi connectivity index (χ1v) is 8.87. The van der Waals surface area contributed by atoms with Gasteiger partial charge in [-0.15, -0.1) is 0 Å². The summed E-state index contributed by atoms with van der Waals surface area (Å²) >= 11 is 9.49. The van der Waals surface area contributed by atoms with Gasteiger partial charge in [-0.2, -0.15) is 0 Å². The summed E-state index contributed by atoms with van der Waals surface area (Å²) in [5.74, 6) is 1.39. The van der Waals surface area contributed by atoms with Gasteiger partial charge in [0.15, 0.2) is 11.5 Å². The molecule has 0 amide bonds. The van der Waals surface area contributed by atoms with Gasteiger partial charge in [-0.3, -0.25) is 0 Å². The van der Waals surface area contributed by atoms with Gasteiger partial charge in [-0.1, -0.05) is 39.7 Å². The first-order valence-electron chi connectivity index (χ1n) is 7.70. The number of benzene rings is 2. The van der Waals surface area contributed by atoms with Gasteiger partial charge in [0, 0.05) is 28.2 Å². The van der Waals surface area contributed by atoms with Crippen LogP contribution in [0.3, 0.4) is 0 Å². The molecule has 0 aliphatic heterocycles. The molecule has 0 bridgehead atoms. The van der Waals surface area contributed by atoms with Crippen molar-refractivity contribution in [3.05, 3.63) is 57.0 Å². The van der Waals surface area contributed by atoms with Crippen LogP contribution in [0, 0.1) is 0 Å². The van der Waals surface area contributed by atoms with Crippen molar-refractivity contribution in [3.8, 4) is 11.5 Å². The summed E-state index contributed by atoms with van der Waals surface area (Å²) in [7, 11) is 1.63. The van der Waals surface area contributed by atoms with E-state index in [0.717, 1.165) is 22.1 Å². The molecule has 0 saturated heterocycles. The average Bonchev–Trinajstić information content (AvgIpc) is 2.59. The number of aliphatic hydroxyl groups excluding tert-OH is 1. The summed E-state index contributed by atoms with van der Waals surface area (Å²) in [4.78, 5) is 0. The minimum absolute atomic E-state index is 0.173. The fourth-order valence-corrected chi connectivity index (χ4v) is 2.80. The Kier molecular flexibility index (Phi) is 7.85. The van der Waals surface area contributed by atoms with Crippen LogP contribution in [0.15, 0.2) is 40.9 Å². The number of aliphatic hydroxyl groups is 1. The Labute approximate surface area is 155 Å². The fraction of sp³-hybridized carbons (Fsp3) is 0.333. The van der Waals surface area contributed by atoms with Crippen LogP contribution < -0.4 is 14.8 Å². The zero-order valence-corrected chi connectivity index (χ0v) is 15.9. The lowest BCUT2D eigenvalue weighted by molar-refractivity contribution is 0.278. The zero-order chi connectivity index (χ0) is 17.4. The van der Waals surface area contributed by atoms with E-state index in [0.29, 0.717) is 36.1 Å². The van der Waals surface area contributed by atoms with E-state index in [1.54, 1.807) is 7.11 Å². The number of halogens is 2. The van der Waals surface area contributed by atoms with Crippen molar-refractivity contribution < 1.29 is 14.6 Å². The van der Waals surface area contributed by atoms with Crippen LogP contribution in [0.5, 0.6) is 11.5 Å². The van der Waals surface area contributed by atoms with Crippen molar-refractivity contribution in [2.75, 3.05) is 20.3 Å². The van der Waals surface area contributed by atoms with Gasteiger partial charge in [0.1, 0.15) is 6.61 Å². The molecule has 2 aromatic rings. The second kappa shape index (κ2) is 9.89. The Balaban J connectivity index is 2.15. The van der Waals surface area contributed by atoms with Crippen molar-refractivity contribution in [2.45, 2.75) is 19.6 Å². The minimum atomic E-state index is 0.173. The molecule has 24 heavy (non-hydrogen) atoms. The number of ether oxygens (including phenoxy) is 2. The van der Waals surface area contributed by atoms with Crippen molar-refractivity contribution >= 4 is 27.5 Å². The van der Waals surface area contributed by atoms with Crippen LogP contribution in [0.2, 0.25) is 5.02 Å². The number of hydrogen-bond acceptors (Lipinski definition) is 4. The maximum absolute atomic E-state index is 8.88. The lowest BCUT2D eigenvalue weighted by Gasteiger charge is -2.17. The van der Waals surface area contributed by atoms with E-state index in [4.69, 9.17) is 26.2 Å². The van der Waals surface area contributed by atoms with Crippen LogP contribution >= 0.6 is 27.5 Å². The molecule has 0 aliphatic rings. The van der Waals surface area contributed by atoms with Crippen LogP contribution in [-0.2, 0) is 13.2 Å². The summed E-state index contributed by atoms with van der Waals surface area (Å²) in [5, 5.41) is 12.9. The summed E-state index contributed by atoms with van der Waals surface area (Å²) in [6, 6.07) is 11.4. The number of hydrogen-bond donors (Lipinski definition) is 2. The van der Waals surface area contributed by atoms with E-state index in [1.165, 1.54) is 0 Å². The second-order valence-electron chi connectivity index (χ2n) is 5.23. The quantitative estimate of drug-likeness (QED) is 0.605. The molecular weight excluding hydrogens is 394 g/mol. The average molecular weight is 415 g/mol. The molecule has 0 unspecified atom stereocenters. The summed E-state index contributed by atoms with van der Waals surface area (Å²) < 4.78 is 12.4. The molecule has 6 heteroatoms. The fourth-order valence-electron chi connectivity index (χ4n) is 2.22. The summed E-state index contributed by atoms with van der Waals surface area (Å²) in [5.41, 5.74) is 2.02. The highest BCUT2D eigenvalue weighted by atomic mass is 79.9. The van der Waals surface area contributed by atoms with Gasteiger partial charge < -0.3 is 19.9 Å². The third-order valence-electron chi connectivity index (χ3n) is 3.50. The predicted octanol–water partition coefficient (Wildman–Crippen LogP) is 4.16. The van der Waals surface area contributed by atoms with Crippen LogP contribution in [0.1, 0.15) is 17.5 Å². The molecule has 130 valence electrons. The molecule has 0 aromatic heterocycles. The lowest BCUT2D eigenvalue weighted by Crippen LogP contribution is -2.17. The van der Waals surface area contributed by atoms with Crippen LogP contribution in [0.25, 0.3) is 0 Å². The first-order chi connectivity index (χ1) is 11.7. The standard InChI is InChI=1S/C18H21BrClNO3/c1-23-17-8-7-16(19)15(11-21-9-2-10-22)18(17)24-12-13-3-5-14(20)6-4-13/h3-8,21-22H,2,9-12H2,1H3. The summed E-state index contributed by atoms with van der Waals surface area (Å²) in [6.45, 7) is 1.95. The molecule has 0 fully saturated rings. The molecule has 0 atom stereocenters. The minimum Gasteiger partial charge on any atom is -0.493 e. The van der Waals surface area contributed by atoms with Gasteiger partial charge in [0.2, 0.25) is 0 Å². The first kappa shape index (κ1) is 19.1. The highest BCUT2D eigenvalue weighted by Gasteiger charge is 2.14. The normalized spacial score (nSPS) is 10.7. The smallest absolute Gasteiger partial charge is 0.167 e. The summed E-state index contributed by atoms with van der Waals surface area (Å²) in [6.07, 6.45) is 0.711. The van der Waals surface area contributed by atoms with Gasteiger partial charge in [-0.25, -0.2) is 0 Å². The maximum atomic E-state index is 8.88. The molecule has 0 aliphatic carbocycles. The van der Waals surface area contributed by atoms with E-state index < -0.39 is 0 Å². The molecule has 0 saturated carbocycles. The molecule has 2 rings (SSSR count). The molecule has 0 heterocycles. The van der Waals surface area contributed by atoms with E-state index in [2.05, 4.69) is 21.2 Å². The molecular formula is C18H21BrClNO3. The lowest BCUT2D eigenvalue weighted by atomic mass is 10.1. The van der Waals surface area contributed by atoms with Gasteiger partial charge in [-0.05, 0) is 42.8 Å². The maximum Gasteiger partial charge on any atom is 0.167 e. The Morgan fingerprint density at radius 2 is 1.92 bits per heavy atom. The third-order valence-corrected chi connectivity index (χ3v) is 4.49. The molecule has 0 spiro atoms. The van der Waals surface area contributed by atoms with Crippen LogP contribution in [0.4, 0.5) is 0 Å². The second-order valence-corrected chi connectivity index (χ2v) is 6.52. The number of nitrogens with one attached hydrogen (secondary N) is 1. The van der Waals surface area contributed by atoms with E-state index in [9.17, 15) is 0 Å². The van der Waals surface area contributed by atoms with E-state index >= 15 is 0 Å². The predicted molar refractivity (Wildman–Crippen MR) is 99.9 cm³/mol. The SMILES string of the molecule is COc1ccc(Br)c(CNCCCO)c1OCc1ccc(Cl)cc1. The largest absolute Gasteiger partial charge is 0.493 e.